The van der Waals surface area contributed by atoms with E-state index in [9.17, 15) is 4.39 Å². The minimum Gasteiger partial charge on any atom is -0.315 e. The molecule has 2 rings (SSSR count). The lowest BCUT2D eigenvalue weighted by molar-refractivity contribution is 0.232. The van der Waals surface area contributed by atoms with E-state index in [1.54, 1.807) is 0 Å². The summed E-state index contributed by atoms with van der Waals surface area (Å²) in [6.07, 6.45) is 0.550. The summed E-state index contributed by atoms with van der Waals surface area (Å²) in [6, 6.07) is 0. The first-order valence-electron chi connectivity index (χ1n) is 2.75. The zero-order valence-electron chi connectivity index (χ0n) is 4.38. The first kappa shape index (κ1) is 5.00. The third-order valence-corrected chi connectivity index (χ3v) is 2.67. The summed E-state index contributed by atoms with van der Waals surface area (Å²) in [5.74, 6) is 0. The monoisotopic (exact) mass is 135 g/mol. The van der Waals surface area contributed by atoms with E-state index in [1.165, 1.54) is 0 Å². The highest BCUT2D eigenvalue weighted by Gasteiger charge is 2.71. The fourth-order valence-corrected chi connectivity index (χ4v) is 1.58. The third-order valence-electron chi connectivity index (χ3n) is 2.14. The highest BCUT2D eigenvalue weighted by Crippen LogP contribution is 2.64. The summed E-state index contributed by atoms with van der Waals surface area (Å²) in [7, 11) is 0. The lowest BCUT2D eigenvalue weighted by Gasteiger charge is -2.27. The summed E-state index contributed by atoms with van der Waals surface area (Å²) in [4.78, 5) is 0. The van der Waals surface area contributed by atoms with Crippen LogP contribution in [0, 0.1) is 5.41 Å². The summed E-state index contributed by atoms with van der Waals surface area (Å²) in [5, 5.41) is 1.65. The van der Waals surface area contributed by atoms with Crippen molar-refractivity contribution < 1.29 is 4.39 Å². The van der Waals surface area contributed by atoms with E-state index in [2.05, 4.69) is 5.32 Å². The van der Waals surface area contributed by atoms with Gasteiger partial charge in [-0.3, -0.25) is 0 Å². The number of hydrogen-bond donors (Lipinski definition) is 1. The van der Waals surface area contributed by atoms with Gasteiger partial charge in [-0.1, -0.05) is 11.6 Å². The quantitative estimate of drug-likeness (QED) is 0.487. The number of nitrogens with one attached hydrogen (secondary N) is 1. The zero-order chi connectivity index (χ0) is 5.83. The first-order chi connectivity index (χ1) is 3.66. The Morgan fingerprint density at radius 2 is 2.00 bits per heavy atom. The molecule has 0 aromatic rings. The van der Waals surface area contributed by atoms with Crippen LogP contribution in [0.4, 0.5) is 4.39 Å². The van der Waals surface area contributed by atoms with E-state index in [1.807, 2.05) is 0 Å². The molecule has 8 heavy (non-hydrogen) atoms. The molecule has 0 amide bonds. The number of hydrogen-bond acceptors (Lipinski definition) is 1. The molecule has 1 aliphatic carbocycles. The molecule has 1 heterocycles. The molecule has 0 aromatic heterocycles. The molecule has 0 radical (unpaired) electrons. The van der Waals surface area contributed by atoms with E-state index in [-0.39, 0.29) is 5.41 Å². The molecule has 3 heteroatoms. The van der Waals surface area contributed by atoms with Gasteiger partial charge in [0.05, 0.1) is 0 Å². The van der Waals surface area contributed by atoms with Crippen molar-refractivity contribution in [3.8, 4) is 0 Å². The Hall–Kier alpha value is 0.180. The van der Waals surface area contributed by atoms with Crippen LogP contribution in [0.2, 0.25) is 0 Å². The molecule has 46 valence electrons. The van der Waals surface area contributed by atoms with Crippen LogP contribution in [0.25, 0.3) is 0 Å². The van der Waals surface area contributed by atoms with Crippen LogP contribution in [0.1, 0.15) is 6.42 Å². The second kappa shape index (κ2) is 1.05. The second-order valence-electron chi connectivity index (χ2n) is 2.77. The van der Waals surface area contributed by atoms with Crippen molar-refractivity contribution in [2.45, 2.75) is 11.5 Å². The predicted molar refractivity (Wildman–Crippen MR) is 29.6 cm³/mol. The lowest BCUT2D eigenvalue weighted by Crippen LogP contribution is -2.47. The normalized spacial score (nSPS) is 48.8. The Balaban J connectivity index is 2.12. The largest absolute Gasteiger partial charge is 0.315 e. The Labute approximate surface area is 52.2 Å². The molecule has 1 N–H and O–H groups in total. The Morgan fingerprint density at radius 3 is 2.00 bits per heavy atom. The molecule has 1 aliphatic heterocycles. The van der Waals surface area contributed by atoms with E-state index < -0.39 is 5.13 Å². The van der Waals surface area contributed by atoms with Crippen molar-refractivity contribution in [1.82, 2.24) is 5.32 Å². The smallest absolute Gasteiger partial charge is 0.192 e. The minimum absolute atomic E-state index is 0.144. The van der Waals surface area contributed by atoms with Gasteiger partial charge in [0.25, 0.3) is 0 Å². The van der Waals surface area contributed by atoms with Crippen LogP contribution in [0.5, 0.6) is 0 Å². The van der Waals surface area contributed by atoms with E-state index in [0.717, 1.165) is 13.1 Å². The SMILES string of the molecule is FC1(Cl)CC12CNC2. The zero-order valence-corrected chi connectivity index (χ0v) is 5.13. The van der Waals surface area contributed by atoms with Crippen LogP contribution in [-0.2, 0) is 0 Å². The molecule has 0 aromatic carbocycles. The summed E-state index contributed by atoms with van der Waals surface area (Å²) >= 11 is 5.39. The fraction of sp³-hybridized carbons (Fsp3) is 1.00. The maximum absolute atomic E-state index is 12.6. The Kier molecular flexibility index (Phi) is 0.655. The highest BCUT2D eigenvalue weighted by atomic mass is 35.5. The van der Waals surface area contributed by atoms with E-state index >= 15 is 0 Å². The number of halogens is 2. The molecule has 2 aliphatic rings. The van der Waals surface area contributed by atoms with Gasteiger partial charge in [0.15, 0.2) is 5.13 Å². The van der Waals surface area contributed by atoms with Gasteiger partial charge in [-0.15, -0.1) is 0 Å². The molecular weight excluding hydrogens is 129 g/mol. The predicted octanol–water partition coefficient (Wildman–Crippen LogP) is 0.884. The Bertz CT molecular complexity index is 130. The molecule has 1 saturated heterocycles. The van der Waals surface area contributed by atoms with Crippen LogP contribution in [0.15, 0.2) is 0 Å². The molecule has 1 unspecified atom stereocenters. The molecule has 1 nitrogen and oxygen atoms in total. The van der Waals surface area contributed by atoms with E-state index in [4.69, 9.17) is 11.6 Å². The van der Waals surface area contributed by atoms with Crippen LogP contribution in [-0.4, -0.2) is 18.2 Å². The van der Waals surface area contributed by atoms with Crippen LogP contribution >= 0.6 is 11.6 Å². The van der Waals surface area contributed by atoms with Crippen molar-refractivity contribution in [2.24, 2.45) is 5.41 Å². The van der Waals surface area contributed by atoms with Gasteiger partial charge in [-0.05, 0) is 0 Å². The van der Waals surface area contributed by atoms with Crippen molar-refractivity contribution in [1.29, 1.82) is 0 Å². The average Bonchev–Trinajstić information content (AvgIpc) is 2.05. The highest BCUT2D eigenvalue weighted by molar-refractivity contribution is 6.25. The van der Waals surface area contributed by atoms with E-state index in [0.29, 0.717) is 6.42 Å². The van der Waals surface area contributed by atoms with Crippen molar-refractivity contribution in [3.63, 3.8) is 0 Å². The van der Waals surface area contributed by atoms with Crippen LogP contribution in [0.3, 0.4) is 0 Å². The van der Waals surface area contributed by atoms with Gasteiger partial charge in [0, 0.05) is 24.9 Å². The first-order valence-corrected chi connectivity index (χ1v) is 3.13. The molecule has 2 fully saturated rings. The number of rotatable bonds is 0. The summed E-state index contributed by atoms with van der Waals surface area (Å²) in [5.41, 5.74) is -0.144. The van der Waals surface area contributed by atoms with Gasteiger partial charge in [-0.2, -0.15) is 0 Å². The van der Waals surface area contributed by atoms with Crippen molar-refractivity contribution in [3.05, 3.63) is 0 Å². The summed E-state index contributed by atoms with van der Waals surface area (Å²) < 4.78 is 12.6. The molecule has 1 saturated carbocycles. The summed E-state index contributed by atoms with van der Waals surface area (Å²) in [6.45, 7) is 1.54. The van der Waals surface area contributed by atoms with Gasteiger partial charge >= 0.3 is 0 Å². The maximum atomic E-state index is 12.6. The standard InChI is InChI=1S/C5H7ClFN/c6-5(7)1-4(5)2-8-3-4/h8H,1-3H2. The third kappa shape index (κ3) is 0.370. The Morgan fingerprint density at radius 1 is 1.50 bits per heavy atom. The number of alkyl halides is 2. The second-order valence-corrected chi connectivity index (χ2v) is 3.36. The van der Waals surface area contributed by atoms with Gasteiger partial charge in [0.2, 0.25) is 0 Å². The molecule has 1 spiro atoms. The van der Waals surface area contributed by atoms with Gasteiger partial charge in [-0.25, -0.2) is 4.39 Å². The average molecular weight is 136 g/mol. The minimum atomic E-state index is -1.35. The van der Waals surface area contributed by atoms with Crippen LogP contribution < -0.4 is 5.32 Å². The molecular formula is C5H7ClFN. The molecule has 0 bridgehead atoms. The molecule has 1 atom stereocenters. The van der Waals surface area contributed by atoms with Gasteiger partial charge in [0.1, 0.15) is 0 Å². The fourth-order valence-electron chi connectivity index (χ4n) is 1.19. The van der Waals surface area contributed by atoms with Crippen molar-refractivity contribution >= 4 is 11.6 Å². The van der Waals surface area contributed by atoms with Crippen molar-refractivity contribution in [2.75, 3.05) is 13.1 Å². The van der Waals surface area contributed by atoms with Gasteiger partial charge < -0.3 is 5.32 Å². The maximum Gasteiger partial charge on any atom is 0.192 e. The topological polar surface area (TPSA) is 12.0 Å². The lowest BCUT2D eigenvalue weighted by atomic mass is 10.0.